The lowest BCUT2D eigenvalue weighted by Crippen LogP contribution is -2.54. The predicted octanol–water partition coefficient (Wildman–Crippen LogP) is 5.83. The first-order valence-corrected chi connectivity index (χ1v) is 15.1. The Hall–Kier alpha value is -2.76. The molecule has 6 rings (SSSR count). The van der Waals surface area contributed by atoms with Crippen molar-refractivity contribution in [2.75, 3.05) is 26.2 Å². The zero-order chi connectivity index (χ0) is 26.7. The van der Waals surface area contributed by atoms with Gasteiger partial charge in [0.1, 0.15) is 5.70 Å². The number of allylic oxidation sites excluding steroid dienone is 1. The molecule has 0 bridgehead atoms. The maximum Gasteiger partial charge on any atom is 0.273 e. The summed E-state index contributed by atoms with van der Waals surface area (Å²) in [5, 5.41) is 3.51. The minimum Gasteiger partial charge on any atom is -0.377 e. The van der Waals surface area contributed by atoms with E-state index in [1.54, 1.807) is 0 Å². The summed E-state index contributed by atoms with van der Waals surface area (Å²) in [6.07, 6.45) is 13.1. The zero-order valence-corrected chi connectivity index (χ0v) is 23.4. The third-order valence-electron chi connectivity index (χ3n) is 9.68. The molecule has 1 N–H and O–H groups in total. The van der Waals surface area contributed by atoms with E-state index in [-0.39, 0.29) is 18.1 Å². The van der Waals surface area contributed by atoms with Crippen LogP contribution >= 0.6 is 0 Å². The van der Waals surface area contributed by atoms with Crippen molar-refractivity contribution in [1.29, 1.82) is 0 Å². The molecular weight excluding hydrogens is 482 g/mol. The normalized spacial score (nSPS) is 25.1. The van der Waals surface area contributed by atoms with Crippen molar-refractivity contribution >= 4 is 17.7 Å². The number of hydrogen-bond acceptors (Lipinski definition) is 4. The summed E-state index contributed by atoms with van der Waals surface area (Å²) < 4.78 is 6.34. The van der Waals surface area contributed by atoms with Crippen molar-refractivity contribution in [2.24, 2.45) is 16.3 Å². The SMILES string of the molecule is C/C(=C(\N=CC1CC12CCCCC2)C(=O)N1CCNCC1CCOC1Cc2ccccc2C1)c1ccccc1. The van der Waals surface area contributed by atoms with Crippen molar-refractivity contribution in [3.05, 3.63) is 77.0 Å². The van der Waals surface area contributed by atoms with Gasteiger partial charge >= 0.3 is 0 Å². The molecule has 1 heterocycles. The van der Waals surface area contributed by atoms with Gasteiger partial charge in [-0.25, -0.2) is 0 Å². The van der Waals surface area contributed by atoms with Crippen LogP contribution in [0.5, 0.6) is 0 Å². The molecule has 4 aliphatic rings. The first kappa shape index (κ1) is 26.5. The second kappa shape index (κ2) is 11.8. The highest BCUT2D eigenvalue weighted by molar-refractivity contribution is 6.02. The zero-order valence-electron chi connectivity index (χ0n) is 23.4. The fraction of sp³-hybridized carbons (Fsp3) is 0.529. The van der Waals surface area contributed by atoms with E-state index >= 15 is 0 Å². The number of carbonyl (C=O) groups is 1. The lowest BCUT2D eigenvalue weighted by atomic mass is 9.84. The average molecular weight is 526 g/mol. The number of ether oxygens (including phenoxy) is 1. The minimum atomic E-state index is 0.0609. The molecule has 0 aromatic heterocycles. The second-order valence-corrected chi connectivity index (χ2v) is 12.2. The summed E-state index contributed by atoms with van der Waals surface area (Å²) in [6, 6.07) is 19.0. The maximum absolute atomic E-state index is 14.2. The molecule has 2 aromatic carbocycles. The Bertz CT molecular complexity index is 1190. The molecule has 39 heavy (non-hydrogen) atoms. The second-order valence-electron chi connectivity index (χ2n) is 12.2. The van der Waals surface area contributed by atoms with Crippen LogP contribution in [0.2, 0.25) is 0 Å². The third-order valence-corrected chi connectivity index (χ3v) is 9.68. The van der Waals surface area contributed by atoms with Crippen LogP contribution in [0.4, 0.5) is 0 Å². The van der Waals surface area contributed by atoms with E-state index in [1.807, 2.05) is 18.2 Å². The predicted molar refractivity (Wildman–Crippen MR) is 158 cm³/mol. The third kappa shape index (κ3) is 5.90. The van der Waals surface area contributed by atoms with E-state index in [9.17, 15) is 4.79 Å². The highest BCUT2D eigenvalue weighted by Crippen LogP contribution is 2.60. The van der Waals surface area contributed by atoms with Gasteiger partial charge in [-0.15, -0.1) is 0 Å². The fourth-order valence-electron chi connectivity index (χ4n) is 7.15. The Morgan fingerprint density at radius 3 is 2.51 bits per heavy atom. The number of hydrogen-bond donors (Lipinski definition) is 1. The highest BCUT2D eigenvalue weighted by Gasteiger charge is 2.52. The Labute approximate surface area is 233 Å². The van der Waals surface area contributed by atoms with Gasteiger partial charge in [0, 0.05) is 44.4 Å². The molecule has 206 valence electrons. The number of piperazine rings is 1. The largest absolute Gasteiger partial charge is 0.377 e. The summed E-state index contributed by atoms with van der Waals surface area (Å²) in [6.45, 7) is 5.04. The van der Waals surface area contributed by atoms with E-state index in [0.717, 1.165) is 43.5 Å². The van der Waals surface area contributed by atoms with E-state index in [4.69, 9.17) is 9.73 Å². The van der Waals surface area contributed by atoms with Crippen LogP contribution in [0.15, 0.2) is 65.3 Å². The first-order valence-electron chi connectivity index (χ1n) is 15.1. The average Bonchev–Trinajstić information content (AvgIpc) is 3.45. The van der Waals surface area contributed by atoms with Crippen molar-refractivity contribution < 1.29 is 9.53 Å². The molecule has 0 radical (unpaired) electrons. The molecule has 1 aliphatic heterocycles. The van der Waals surface area contributed by atoms with Crippen LogP contribution in [-0.4, -0.2) is 55.4 Å². The van der Waals surface area contributed by atoms with Crippen molar-refractivity contribution in [1.82, 2.24) is 10.2 Å². The summed E-state index contributed by atoms with van der Waals surface area (Å²) >= 11 is 0. The van der Waals surface area contributed by atoms with Crippen LogP contribution in [0.25, 0.3) is 5.57 Å². The summed E-state index contributed by atoms with van der Waals surface area (Å²) in [5.74, 6) is 0.581. The number of benzene rings is 2. The Morgan fingerprint density at radius 1 is 1.05 bits per heavy atom. The lowest BCUT2D eigenvalue weighted by Gasteiger charge is -2.36. The summed E-state index contributed by atoms with van der Waals surface area (Å²) in [5.41, 5.74) is 5.93. The molecule has 2 atom stereocenters. The van der Waals surface area contributed by atoms with E-state index in [0.29, 0.717) is 30.2 Å². The van der Waals surface area contributed by atoms with Crippen LogP contribution in [-0.2, 0) is 22.4 Å². The summed E-state index contributed by atoms with van der Waals surface area (Å²) in [7, 11) is 0. The molecule has 2 unspecified atom stereocenters. The van der Waals surface area contributed by atoms with Gasteiger partial charge in [0.15, 0.2) is 0 Å². The molecule has 3 fully saturated rings. The molecule has 2 aromatic rings. The van der Waals surface area contributed by atoms with Crippen molar-refractivity contribution in [2.45, 2.75) is 76.9 Å². The van der Waals surface area contributed by atoms with Gasteiger partial charge in [0.25, 0.3) is 5.91 Å². The molecule has 1 amide bonds. The smallest absolute Gasteiger partial charge is 0.273 e. The molecule has 3 aliphatic carbocycles. The Kier molecular flexibility index (Phi) is 7.99. The Morgan fingerprint density at radius 2 is 1.77 bits per heavy atom. The van der Waals surface area contributed by atoms with Gasteiger partial charge in [-0.2, -0.15) is 0 Å². The number of fused-ring (bicyclic) bond motifs is 1. The first-order chi connectivity index (χ1) is 19.1. The van der Waals surface area contributed by atoms with Crippen LogP contribution in [0.3, 0.4) is 0 Å². The lowest BCUT2D eigenvalue weighted by molar-refractivity contribution is -0.130. The number of carbonyl (C=O) groups excluding carboxylic acids is 1. The molecule has 1 saturated heterocycles. The quantitative estimate of drug-likeness (QED) is 0.348. The van der Waals surface area contributed by atoms with Gasteiger partial charge < -0.3 is 15.0 Å². The van der Waals surface area contributed by atoms with Gasteiger partial charge in [0.2, 0.25) is 0 Å². The molecule has 5 heteroatoms. The maximum atomic E-state index is 14.2. The van der Waals surface area contributed by atoms with E-state index in [1.165, 1.54) is 49.7 Å². The van der Waals surface area contributed by atoms with E-state index < -0.39 is 0 Å². The van der Waals surface area contributed by atoms with Crippen LogP contribution < -0.4 is 5.32 Å². The van der Waals surface area contributed by atoms with Gasteiger partial charge in [-0.05, 0) is 73.1 Å². The molecule has 2 saturated carbocycles. The van der Waals surface area contributed by atoms with Crippen LogP contribution in [0, 0.1) is 11.3 Å². The number of nitrogens with zero attached hydrogens (tertiary/aromatic N) is 2. The summed E-state index contributed by atoms with van der Waals surface area (Å²) in [4.78, 5) is 21.2. The molecule has 5 nitrogen and oxygen atoms in total. The fourth-order valence-corrected chi connectivity index (χ4v) is 7.15. The Balaban J connectivity index is 1.15. The minimum absolute atomic E-state index is 0.0609. The molecule has 1 spiro atoms. The highest BCUT2D eigenvalue weighted by atomic mass is 16.5. The number of rotatable bonds is 8. The number of nitrogens with one attached hydrogen (secondary N) is 1. The van der Waals surface area contributed by atoms with Gasteiger partial charge in [-0.1, -0.05) is 73.9 Å². The standard InChI is InChI=1S/C34H43N3O2/c1-25(26-10-4-2-5-11-26)32(36-23-29-22-34(29)15-8-3-9-16-34)33(38)37-18-17-35-24-30(37)14-19-39-31-20-27-12-6-7-13-28(27)21-31/h2,4-7,10-13,23,29-31,35H,3,8-9,14-22,24H2,1H3/b32-25+,36-23?. The van der Waals surface area contributed by atoms with Crippen LogP contribution in [0.1, 0.15) is 68.6 Å². The van der Waals surface area contributed by atoms with Crippen molar-refractivity contribution in [3.8, 4) is 0 Å². The van der Waals surface area contributed by atoms with E-state index in [2.05, 4.69) is 59.8 Å². The topological polar surface area (TPSA) is 53.9 Å². The monoisotopic (exact) mass is 525 g/mol. The number of aliphatic imine (C=N–C) groups is 1. The van der Waals surface area contributed by atoms with Gasteiger partial charge in [-0.3, -0.25) is 9.79 Å². The van der Waals surface area contributed by atoms with Gasteiger partial charge in [0.05, 0.1) is 6.10 Å². The molecular formula is C34H43N3O2. The number of amides is 1. The van der Waals surface area contributed by atoms with Crippen molar-refractivity contribution in [3.63, 3.8) is 0 Å².